The molecule has 1 saturated heterocycles. The van der Waals surface area contributed by atoms with E-state index in [0.29, 0.717) is 31.0 Å². The molecule has 178 valence electrons. The minimum Gasteiger partial charge on any atom is -0.394 e. The molecule has 0 radical (unpaired) electrons. The molecule has 0 bridgehead atoms. The van der Waals surface area contributed by atoms with Gasteiger partial charge in [-0.1, -0.05) is 38.1 Å². The molecule has 1 aliphatic rings. The molecular formula is C24H28F3N3O3. The van der Waals surface area contributed by atoms with Crippen molar-refractivity contribution >= 4 is 11.8 Å². The van der Waals surface area contributed by atoms with Gasteiger partial charge in [0.05, 0.1) is 24.3 Å². The standard InChI is InChI=1S/C24H28F3N3O3/c1-13(2)22(28)24(33)30-11-3-4-19(30)23(32)29-18(12-31)14-5-7-15(8-6-14)20-16(25)9-10-17(26)21(20)27/h5-10,13,18-19,22,31H,3-4,11-12,28H2,1-2H3,(H,29,32). The predicted octanol–water partition coefficient (Wildman–Crippen LogP) is 2.89. The van der Waals surface area contributed by atoms with Crippen LogP contribution in [-0.2, 0) is 9.59 Å². The molecule has 0 spiro atoms. The highest BCUT2D eigenvalue weighted by molar-refractivity contribution is 5.90. The van der Waals surface area contributed by atoms with Gasteiger partial charge in [-0.15, -0.1) is 0 Å². The van der Waals surface area contributed by atoms with Crippen LogP contribution in [0.4, 0.5) is 13.2 Å². The van der Waals surface area contributed by atoms with E-state index < -0.39 is 53.7 Å². The van der Waals surface area contributed by atoms with Crippen molar-refractivity contribution in [3.8, 4) is 11.1 Å². The van der Waals surface area contributed by atoms with Crippen LogP contribution < -0.4 is 11.1 Å². The smallest absolute Gasteiger partial charge is 0.243 e. The van der Waals surface area contributed by atoms with Crippen LogP contribution in [0.15, 0.2) is 36.4 Å². The van der Waals surface area contributed by atoms with Crippen LogP contribution in [0, 0.1) is 23.4 Å². The molecule has 2 amide bonds. The number of aliphatic hydroxyl groups is 1. The third-order valence-electron chi connectivity index (χ3n) is 5.99. The molecule has 2 aromatic rings. The van der Waals surface area contributed by atoms with E-state index in [1.54, 1.807) is 0 Å². The van der Waals surface area contributed by atoms with E-state index >= 15 is 0 Å². The maximum absolute atomic E-state index is 14.1. The molecule has 4 N–H and O–H groups in total. The number of halogens is 3. The number of benzene rings is 2. The lowest BCUT2D eigenvalue weighted by Crippen LogP contribution is -2.53. The molecule has 3 unspecified atom stereocenters. The molecule has 6 nitrogen and oxygen atoms in total. The Morgan fingerprint density at radius 3 is 2.36 bits per heavy atom. The summed E-state index contributed by atoms with van der Waals surface area (Å²) in [5.41, 5.74) is 6.09. The predicted molar refractivity (Wildman–Crippen MR) is 117 cm³/mol. The molecule has 9 heteroatoms. The third kappa shape index (κ3) is 5.20. The van der Waals surface area contributed by atoms with Gasteiger partial charge >= 0.3 is 0 Å². The number of hydrogen-bond acceptors (Lipinski definition) is 4. The Hall–Kier alpha value is -2.91. The summed E-state index contributed by atoms with van der Waals surface area (Å²) in [4.78, 5) is 27.1. The highest BCUT2D eigenvalue weighted by atomic mass is 19.2. The summed E-state index contributed by atoms with van der Waals surface area (Å²) in [6, 6.07) is 5.12. The minimum atomic E-state index is -1.29. The first-order valence-corrected chi connectivity index (χ1v) is 10.9. The van der Waals surface area contributed by atoms with Crippen molar-refractivity contribution in [1.82, 2.24) is 10.2 Å². The zero-order chi connectivity index (χ0) is 24.3. The molecule has 3 atom stereocenters. The van der Waals surface area contributed by atoms with Crippen LogP contribution in [-0.4, -0.2) is 47.1 Å². The van der Waals surface area contributed by atoms with Crippen LogP contribution in [0.2, 0.25) is 0 Å². The first-order valence-electron chi connectivity index (χ1n) is 10.9. The van der Waals surface area contributed by atoms with Crippen LogP contribution in [0.25, 0.3) is 11.1 Å². The first kappa shape index (κ1) is 24.7. The summed E-state index contributed by atoms with van der Waals surface area (Å²) in [6.45, 7) is 3.67. The van der Waals surface area contributed by atoms with Gasteiger partial charge in [-0.3, -0.25) is 9.59 Å². The van der Waals surface area contributed by atoms with Crippen molar-refractivity contribution in [1.29, 1.82) is 0 Å². The van der Waals surface area contributed by atoms with Crippen LogP contribution in [0.5, 0.6) is 0 Å². The second-order valence-corrected chi connectivity index (χ2v) is 8.54. The Morgan fingerprint density at radius 1 is 1.12 bits per heavy atom. The van der Waals surface area contributed by atoms with E-state index in [-0.39, 0.29) is 17.4 Å². The Labute approximate surface area is 190 Å². The fourth-order valence-electron chi connectivity index (χ4n) is 3.96. The van der Waals surface area contributed by atoms with Gasteiger partial charge in [-0.25, -0.2) is 13.2 Å². The van der Waals surface area contributed by atoms with Gasteiger partial charge in [-0.2, -0.15) is 0 Å². The van der Waals surface area contributed by atoms with Crippen LogP contribution in [0.3, 0.4) is 0 Å². The highest BCUT2D eigenvalue weighted by Crippen LogP contribution is 2.29. The Morgan fingerprint density at radius 2 is 1.76 bits per heavy atom. The number of carbonyl (C=O) groups excluding carboxylic acids is 2. The quantitative estimate of drug-likeness (QED) is 0.551. The fraction of sp³-hybridized carbons (Fsp3) is 0.417. The second-order valence-electron chi connectivity index (χ2n) is 8.54. The summed E-state index contributed by atoms with van der Waals surface area (Å²) < 4.78 is 41.6. The van der Waals surface area contributed by atoms with E-state index in [1.807, 2.05) is 13.8 Å². The van der Waals surface area contributed by atoms with Crippen LogP contribution >= 0.6 is 0 Å². The SMILES string of the molecule is CC(C)C(N)C(=O)N1CCCC1C(=O)NC(CO)c1ccc(-c2c(F)ccc(F)c2F)cc1. The van der Waals surface area contributed by atoms with Crippen molar-refractivity contribution < 1.29 is 27.9 Å². The largest absolute Gasteiger partial charge is 0.394 e. The molecule has 1 heterocycles. The normalized spacial score (nSPS) is 17.8. The first-order chi connectivity index (χ1) is 15.6. The van der Waals surface area contributed by atoms with E-state index in [0.717, 1.165) is 6.07 Å². The molecule has 1 aliphatic heterocycles. The van der Waals surface area contributed by atoms with Crippen molar-refractivity contribution in [3.63, 3.8) is 0 Å². The molecule has 0 aromatic heterocycles. The molecule has 0 aliphatic carbocycles. The summed E-state index contributed by atoms with van der Waals surface area (Å²) in [6.07, 6.45) is 1.15. The Kier molecular flexibility index (Phi) is 7.76. The lowest BCUT2D eigenvalue weighted by atomic mass is 9.99. The second kappa shape index (κ2) is 10.4. The number of likely N-dealkylation sites (tertiary alicyclic amines) is 1. The van der Waals surface area contributed by atoms with Crippen molar-refractivity contribution in [2.45, 2.75) is 44.8 Å². The van der Waals surface area contributed by atoms with Gasteiger partial charge in [0.1, 0.15) is 11.9 Å². The monoisotopic (exact) mass is 463 g/mol. The number of nitrogens with two attached hydrogens (primary N) is 1. The van der Waals surface area contributed by atoms with Crippen molar-refractivity contribution in [2.24, 2.45) is 11.7 Å². The Bertz CT molecular complexity index is 1010. The topological polar surface area (TPSA) is 95.7 Å². The van der Waals surface area contributed by atoms with E-state index in [1.165, 1.54) is 29.2 Å². The van der Waals surface area contributed by atoms with Gasteiger partial charge in [-0.05, 0) is 42.0 Å². The number of carbonyl (C=O) groups is 2. The zero-order valence-corrected chi connectivity index (χ0v) is 18.5. The summed E-state index contributed by atoms with van der Waals surface area (Å²) in [5.74, 6) is -4.13. The van der Waals surface area contributed by atoms with E-state index in [9.17, 15) is 27.9 Å². The molecule has 1 fully saturated rings. The molecule has 0 saturated carbocycles. The lowest BCUT2D eigenvalue weighted by molar-refractivity contribution is -0.140. The maximum Gasteiger partial charge on any atom is 0.243 e. The number of aliphatic hydroxyl groups excluding tert-OH is 1. The number of nitrogens with one attached hydrogen (secondary N) is 1. The maximum atomic E-state index is 14.1. The van der Waals surface area contributed by atoms with Crippen molar-refractivity contribution in [3.05, 3.63) is 59.4 Å². The average molecular weight is 464 g/mol. The van der Waals surface area contributed by atoms with Gasteiger partial charge in [0.15, 0.2) is 11.6 Å². The van der Waals surface area contributed by atoms with Crippen molar-refractivity contribution in [2.75, 3.05) is 13.2 Å². The summed E-state index contributed by atoms with van der Waals surface area (Å²) in [5, 5.41) is 12.6. The minimum absolute atomic E-state index is 0.0710. The van der Waals surface area contributed by atoms with Gasteiger partial charge < -0.3 is 21.1 Å². The fourth-order valence-corrected chi connectivity index (χ4v) is 3.96. The van der Waals surface area contributed by atoms with Crippen LogP contribution in [0.1, 0.15) is 38.3 Å². The van der Waals surface area contributed by atoms with E-state index in [2.05, 4.69) is 5.32 Å². The Balaban J connectivity index is 1.75. The highest BCUT2D eigenvalue weighted by Gasteiger charge is 2.37. The summed E-state index contributed by atoms with van der Waals surface area (Å²) >= 11 is 0. The van der Waals surface area contributed by atoms with E-state index in [4.69, 9.17) is 5.73 Å². The molecule has 2 aromatic carbocycles. The van der Waals surface area contributed by atoms with Gasteiger partial charge in [0.25, 0.3) is 0 Å². The average Bonchev–Trinajstić information content (AvgIpc) is 3.29. The molecule has 3 rings (SSSR count). The van der Waals surface area contributed by atoms with Gasteiger partial charge in [0.2, 0.25) is 11.8 Å². The number of rotatable bonds is 7. The number of nitrogens with zero attached hydrogens (tertiary/aromatic N) is 1. The lowest BCUT2D eigenvalue weighted by Gasteiger charge is -2.29. The molecule has 33 heavy (non-hydrogen) atoms. The number of hydrogen-bond donors (Lipinski definition) is 3. The third-order valence-corrected chi connectivity index (χ3v) is 5.99. The molecular weight excluding hydrogens is 435 g/mol. The summed E-state index contributed by atoms with van der Waals surface area (Å²) in [7, 11) is 0. The van der Waals surface area contributed by atoms with Gasteiger partial charge in [0, 0.05) is 6.54 Å². The number of amides is 2. The zero-order valence-electron chi connectivity index (χ0n) is 18.5.